The van der Waals surface area contributed by atoms with Crippen molar-refractivity contribution in [3.63, 3.8) is 0 Å². The third kappa shape index (κ3) is 3.77. The molecule has 0 bridgehead atoms. The molecule has 0 unspecified atom stereocenters. The van der Waals surface area contributed by atoms with Gasteiger partial charge in [-0.2, -0.15) is 13.2 Å². The number of rotatable bonds is 4. The van der Waals surface area contributed by atoms with E-state index >= 15 is 0 Å². The number of amides is 1. The van der Waals surface area contributed by atoms with Crippen LogP contribution in [0.15, 0.2) is 42.7 Å². The summed E-state index contributed by atoms with van der Waals surface area (Å²) in [5.74, 6) is -0.589. The summed E-state index contributed by atoms with van der Waals surface area (Å²) in [5, 5.41) is 12.0. The number of nitrogens with one attached hydrogen (secondary N) is 1. The van der Waals surface area contributed by atoms with E-state index in [1.165, 1.54) is 31.6 Å². The second kappa shape index (κ2) is 6.52. The Morgan fingerprint density at radius 2 is 1.88 bits per heavy atom. The van der Waals surface area contributed by atoms with E-state index in [0.29, 0.717) is 12.1 Å². The minimum atomic E-state index is -4.71. The molecular weight excluding hydrogens is 329 g/mol. The summed E-state index contributed by atoms with van der Waals surface area (Å²) in [7, 11) is 1.29. The molecule has 10 heteroatoms. The third-order valence-electron chi connectivity index (χ3n) is 3.07. The number of halogens is 3. The second-order valence-electron chi connectivity index (χ2n) is 4.69. The second-order valence-corrected chi connectivity index (χ2v) is 4.69. The zero-order valence-electron chi connectivity index (χ0n) is 12.2. The van der Waals surface area contributed by atoms with Crippen molar-refractivity contribution < 1.29 is 22.9 Å². The lowest BCUT2D eigenvalue weighted by atomic mass is 10.1. The number of anilines is 1. The zero-order valence-corrected chi connectivity index (χ0v) is 12.2. The van der Waals surface area contributed by atoms with Gasteiger partial charge in [-0.15, -0.1) is 0 Å². The molecule has 0 aliphatic carbocycles. The van der Waals surface area contributed by atoms with Crippen LogP contribution in [-0.4, -0.2) is 22.9 Å². The first kappa shape index (κ1) is 17.2. The summed E-state index contributed by atoms with van der Waals surface area (Å²) in [6.45, 7) is 0. The molecule has 1 aromatic carbocycles. The number of nitrogens with zero attached hydrogens (tertiary/aromatic N) is 3. The van der Waals surface area contributed by atoms with Crippen molar-refractivity contribution in [2.24, 2.45) is 0 Å². The Labute approximate surface area is 133 Å². The van der Waals surface area contributed by atoms with E-state index in [0.717, 1.165) is 11.1 Å². The molecule has 1 N–H and O–H groups in total. The van der Waals surface area contributed by atoms with Gasteiger partial charge in [-0.05, 0) is 24.3 Å². The van der Waals surface area contributed by atoms with Crippen LogP contribution >= 0.6 is 0 Å². The van der Waals surface area contributed by atoms with Crippen LogP contribution in [-0.2, 0) is 6.18 Å². The number of hydrazine groups is 1. The Kier molecular flexibility index (Phi) is 4.67. The molecule has 24 heavy (non-hydrogen) atoms. The van der Waals surface area contributed by atoms with Gasteiger partial charge in [0.1, 0.15) is 5.69 Å². The normalized spacial score (nSPS) is 11.0. The van der Waals surface area contributed by atoms with E-state index < -0.39 is 28.3 Å². The smallest absolute Gasteiger partial charge is 0.282 e. The van der Waals surface area contributed by atoms with Gasteiger partial charge in [0.05, 0.1) is 10.5 Å². The highest BCUT2D eigenvalue weighted by molar-refractivity contribution is 5.95. The Balaban J connectivity index is 2.30. The predicted octanol–water partition coefficient (Wildman–Crippen LogP) is 2.79. The number of pyridine rings is 1. The molecule has 1 heterocycles. The van der Waals surface area contributed by atoms with Gasteiger partial charge in [0.2, 0.25) is 0 Å². The van der Waals surface area contributed by atoms with E-state index in [4.69, 9.17) is 0 Å². The SMILES string of the molecule is CN(NC(=O)c1ccncc1)c1ccc(C(F)(F)F)cc1[N+](=O)[O-]. The maximum absolute atomic E-state index is 12.7. The van der Waals surface area contributed by atoms with Gasteiger partial charge in [-0.25, -0.2) is 0 Å². The van der Waals surface area contributed by atoms with Gasteiger partial charge in [-0.1, -0.05) is 0 Å². The molecule has 2 rings (SSSR count). The van der Waals surface area contributed by atoms with Crippen molar-refractivity contribution in [1.29, 1.82) is 0 Å². The first-order chi connectivity index (χ1) is 11.2. The first-order valence-corrected chi connectivity index (χ1v) is 6.50. The number of nitro benzene ring substituents is 1. The molecule has 0 aliphatic rings. The number of hydrogen-bond donors (Lipinski definition) is 1. The van der Waals surface area contributed by atoms with Gasteiger partial charge in [0, 0.05) is 31.1 Å². The van der Waals surface area contributed by atoms with Crippen molar-refractivity contribution in [2.75, 3.05) is 12.1 Å². The molecule has 0 spiro atoms. The van der Waals surface area contributed by atoms with Crippen LogP contribution in [0.25, 0.3) is 0 Å². The molecule has 2 aromatic rings. The van der Waals surface area contributed by atoms with Gasteiger partial charge >= 0.3 is 6.18 Å². The Morgan fingerprint density at radius 1 is 1.25 bits per heavy atom. The molecule has 0 saturated carbocycles. The predicted molar refractivity (Wildman–Crippen MR) is 78.2 cm³/mol. The fourth-order valence-corrected chi connectivity index (χ4v) is 1.91. The fraction of sp³-hybridized carbons (Fsp3) is 0.143. The summed E-state index contributed by atoms with van der Waals surface area (Å²) in [6, 6.07) is 4.89. The van der Waals surface area contributed by atoms with Gasteiger partial charge in [-0.3, -0.25) is 30.3 Å². The summed E-state index contributed by atoms with van der Waals surface area (Å²) >= 11 is 0. The summed E-state index contributed by atoms with van der Waals surface area (Å²) in [4.78, 5) is 25.9. The number of carbonyl (C=O) groups excluding carboxylic acids is 1. The fourth-order valence-electron chi connectivity index (χ4n) is 1.91. The summed E-state index contributed by atoms with van der Waals surface area (Å²) < 4.78 is 38.1. The number of carbonyl (C=O) groups is 1. The van der Waals surface area contributed by atoms with E-state index in [-0.39, 0.29) is 11.3 Å². The van der Waals surface area contributed by atoms with Crippen LogP contribution in [0.3, 0.4) is 0 Å². The van der Waals surface area contributed by atoms with Crippen LogP contribution in [0.4, 0.5) is 24.5 Å². The maximum Gasteiger partial charge on any atom is 0.416 e. The lowest BCUT2D eigenvalue weighted by molar-refractivity contribution is -0.384. The number of alkyl halides is 3. The third-order valence-corrected chi connectivity index (χ3v) is 3.07. The van der Waals surface area contributed by atoms with Gasteiger partial charge < -0.3 is 0 Å². The zero-order chi connectivity index (χ0) is 17.9. The molecule has 0 aliphatic heterocycles. The monoisotopic (exact) mass is 340 g/mol. The van der Waals surface area contributed by atoms with Crippen LogP contribution in [0.2, 0.25) is 0 Å². The topological polar surface area (TPSA) is 88.4 Å². The number of benzene rings is 1. The molecule has 0 radical (unpaired) electrons. The Bertz CT molecular complexity index is 766. The van der Waals surface area contributed by atoms with Crippen molar-refractivity contribution in [3.8, 4) is 0 Å². The standard InChI is InChI=1S/C14H11F3N4O3/c1-20(19-13(22)9-4-6-18-7-5-9)11-3-2-10(14(15,16)17)8-12(11)21(23)24/h2-8H,1H3,(H,19,22). The lowest BCUT2D eigenvalue weighted by Crippen LogP contribution is -2.39. The molecular formula is C14H11F3N4O3. The quantitative estimate of drug-likeness (QED) is 0.683. The number of aromatic nitrogens is 1. The van der Waals surface area contributed by atoms with E-state index in [2.05, 4.69) is 10.4 Å². The average Bonchev–Trinajstić information content (AvgIpc) is 2.54. The van der Waals surface area contributed by atoms with Crippen LogP contribution in [0.5, 0.6) is 0 Å². The summed E-state index contributed by atoms with van der Waals surface area (Å²) in [5.41, 5.74) is 0.482. The average molecular weight is 340 g/mol. The Hall–Kier alpha value is -3.17. The molecule has 0 saturated heterocycles. The van der Waals surface area contributed by atoms with Crippen LogP contribution in [0, 0.1) is 10.1 Å². The van der Waals surface area contributed by atoms with E-state index in [9.17, 15) is 28.1 Å². The van der Waals surface area contributed by atoms with Crippen molar-refractivity contribution in [1.82, 2.24) is 10.4 Å². The highest BCUT2D eigenvalue weighted by Gasteiger charge is 2.33. The number of nitro groups is 1. The maximum atomic E-state index is 12.7. The highest BCUT2D eigenvalue weighted by atomic mass is 19.4. The minimum Gasteiger partial charge on any atom is -0.282 e. The van der Waals surface area contributed by atoms with Gasteiger partial charge in [0.25, 0.3) is 11.6 Å². The van der Waals surface area contributed by atoms with E-state index in [1.54, 1.807) is 0 Å². The van der Waals surface area contributed by atoms with Gasteiger partial charge in [0.15, 0.2) is 0 Å². The molecule has 0 fully saturated rings. The van der Waals surface area contributed by atoms with Crippen molar-refractivity contribution >= 4 is 17.3 Å². The van der Waals surface area contributed by atoms with Crippen molar-refractivity contribution in [2.45, 2.75) is 6.18 Å². The molecule has 7 nitrogen and oxygen atoms in total. The van der Waals surface area contributed by atoms with Crippen LogP contribution in [0.1, 0.15) is 15.9 Å². The van der Waals surface area contributed by atoms with E-state index in [1.807, 2.05) is 0 Å². The number of hydrogen-bond acceptors (Lipinski definition) is 5. The largest absolute Gasteiger partial charge is 0.416 e. The highest BCUT2D eigenvalue weighted by Crippen LogP contribution is 2.35. The first-order valence-electron chi connectivity index (χ1n) is 6.50. The Morgan fingerprint density at radius 3 is 2.42 bits per heavy atom. The lowest BCUT2D eigenvalue weighted by Gasteiger charge is -2.20. The molecule has 126 valence electrons. The molecule has 1 aromatic heterocycles. The van der Waals surface area contributed by atoms with Crippen molar-refractivity contribution in [3.05, 3.63) is 64.0 Å². The molecule has 1 amide bonds. The minimum absolute atomic E-state index is 0.185. The molecule has 0 atom stereocenters. The van der Waals surface area contributed by atoms with Crippen LogP contribution < -0.4 is 10.4 Å². The summed E-state index contributed by atoms with van der Waals surface area (Å²) in [6.07, 6.45) is -1.94.